The maximum atomic E-state index is 11.9. The molecule has 4 rings (SSSR count). The van der Waals surface area contributed by atoms with E-state index in [9.17, 15) is 4.79 Å². The van der Waals surface area contributed by atoms with E-state index in [1.165, 1.54) is 0 Å². The Hall–Kier alpha value is -3.68. The number of hydrogen-bond donors (Lipinski definition) is 2. The first kappa shape index (κ1) is 24.4. The maximum absolute atomic E-state index is 11.9. The lowest BCUT2D eigenvalue weighted by molar-refractivity contribution is 0.135. The molecule has 4 aromatic rings. The van der Waals surface area contributed by atoms with Crippen molar-refractivity contribution in [1.29, 1.82) is 0 Å². The van der Waals surface area contributed by atoms with Gasteiger partial charge in [0.2, 0.25) is 0 Å². The Labute approximate surface area is 205 Å². The number of rotatable bonds is 8. The van der Waals surface area contributed by atoms with Crippen molar-refractivity contribution >= 4 is 33.8 Å². The molecule has 1 aromatic carbocycles. The van der Waals surface area contributed by atoms with Gasteiger partial charge in [-0.15, -0.1) is 0 Å². The minimum absolute atomic E-state index is 0.312. The van der Waals surface area contributed by atoms with E-state index < -0.39 is 0 Å². The first-order valence-electron chi connectivity index (χ1n) is 12.2. The van der Waals surface area contributed by atoms with Gasteiger partial charge in [0.05, 0.1) is 17.6 Å². The molecule has 0 spiro atoms. The van der Waals surface area contributed by atoms with Crippen LogP contribution in [0.2, 0.25) is 0 Å². The Morgan fingerprint density at radius 3 is 2.69 bits per heavy atom. The molecule has 3 heterocycles. The molecule has 3 aromatic heterocycles. The topological polar surface area (TPSA) is 108 Å². The van der Waals surface area contributed by atoms with Crippen LogP contribution in [0.3, 0.4) is 0 Å². The molecular weight excluding hydrogens is 440 g/mol. The van der Waals surface area contributed by atoms with E-state index >= 15 is 0 Å². The highest BCUT2D eigenvalue weighted by Crippen LogP contribution is 2.32. The van der Waals surface area contributed by atoms with Gasteiger partial charge in [-0.25, -0.2) is 14.8 Å². The number of anilines is 1. The fourth-order valence-electron chi connectivity index (χ4n) is 4.21. The highest BCUT2D eigenvalue weighted by atomic mass is 16.5. The number of hydrogen-bond acceptors (Lipinski definition) is 6. The molecule has 35 heavy (non-hydrogen) atoms. The number of ether oxygens (including phenoxy) is 1. The zero-order valence-corrected chi connectivity index (χ0v) is 21.0. The Balaban J connectivity index is 1.60. The number of amides is 1. The minimum Gasteiger partial charge on any atom is -0.450 e. The zero-order chi connectivity index (χ0) is 25.0. The Bertz CT molecular complexity index is 1320. The summed E-state index contributed by atoms with van der Waals surface area (Å²) in [6.07, 6.45) is 6.67. The summed E-state index contributed by atoms with van der Waals surface area (Å²) in [6.45, 7) is 9.07. The number of alkyl carbamates (subject to hydrolysis) is 1. The van der Waals surface area contributed by atoms with Crippen LogP contribution in [0.4, 0.5) is 10.6 Å². The third-order valence-electron chi connectivity index (χ3n) is 5.74. The van der Waals surface area contributed by atoms with Gasteiger partial charge in [-0.3, -0.25) is 4.98 Å². The molecule has 0 saturated heterocycles. The highest BCUT2D eigenvalue weighted by Gasteiger charge is 2.18. The number of imidazole rings is 1. The fraction of sp³-hybridized carbons (Fsp3) is 0.407. The molecule has 0 aliphatic rings. The summed E-state index contributed by atoms with van der Waals surface area (Å²) in [5.41, 5.74) is 10.7. The van der Waals surface area contributed by atoms with Crippen molar-refractivity contribution in [3.8, 4) is 11.1 Å². The Kier molecular flexibility index (Phi) is 7.19. The number of carbonyl (C=O) groups is 1. The van der Waals surface area contributed by atoms with Gasteiger partial charge in [-0.2, -0.15) is 0 Å². The molecule has 3 N–H and O–H groups in total. The lowest BCUT2D eigenvalue weighted by atomic mass is 10.0. The van der Waals surface area contributed by atoms with Gasteiger partial charge in [0.25, 0.3) is 0 Å². The van der Waals surface area contributed by atoms with E-state index in [0.29, 0.717) is 12.4 Å². The van der Waals surface area contributed by atoms with Crippen molar-refractivity contribution in [1.82, 2.24) is 24.8 Å². The predicted molar refractivity (Wildman–Crippen MR) is 140 cm³/mol. The van der Waals surface area contributed by atoms with Crippen LogP contribution >= 0.6 is 0 Å². The lowest BCUT2D eigenvalue weighted by Gasteiger charge is -2.20. The van der Waals surface area contributed by atoms with E-state index in [0.717, 1.165) is 71.1 Å². The number of nitrogens with two attached hydrogens (primary N) is 1. The van der Waals surface area contributed by atoms with Crippen molar-refractivity contribution in [3.63, 3.8) is 0 Å². The van der Waals surface area contributed by atoms with Gasteiger partial charge in [0.1, 0.15) is 11.3 Å². The number of unbranched alkanes of at least 4 members (excludes halogenated alkanes) is 1. The molecule has 0 fully saturated rings. The summed E-state index contributed by atoms with van der Waals surface area (Å²) in [5.74, 6) is 1.44. The minimum atomic E-state index is -0.383. The van der Waals surface area contributed by atoms with E-state index in [2.05, 4.69) is 45.0 Å². The van der Waals surface area contributed by atoms with Crippen LogP contribution in [0.1, 0.15) is 52.8 Å². The molecule has 0 aliphatic carbocycles. The number of carbonyl (C=O) groups excluding carboxylic acids is 1. The molecule has 0 bridgehead atoms. The fourth-order valence-corrected chi connectivity index (χ4v) is 4.21. The second kappa shape index (κ2) is 10.3. The van der Waals surface area contributed by atoms with Gasteiger partial charge in [0, 0.05) is 41.8 Å². The Morgan fingerprint density at radius 2 is 1.97 bits per heavy atom. The summed E-state index contributed by atoms with van der Waals surface area (Å²) in [4.78, 5) is 25.7. The standard InChI is InChI=1S/C27H34N6O2/c1-5-9-22-31-23-24(33(22)14-6-7-15-35-26(34)32-27(2,3)4)20-12-11-18(16-21(20)30-25(23)28)19-10-8-13-29-17-19/h8,10-13,16-17H,5-7,9,14-15H2,1-4H3,(H2,28,30)(H,32,34). The summed E-state index contributed by atoms with van der Waals surface area (Å²) in [7, 11) is 0. The molecule has 8 heteroatoms. The monoisotopic (exact) mass is 474 g/mol. The number of pyridine rings is 2. The van der Waals surface area contributed by atoms with Crippen LogP contribution in [0.5, 0.6) is 0 Å². The van der Waals surface area contributed by atoms with Gasteiger partial charge in [-0.1, -0.05) is 25.1 Å². The second-order valence-corrected chi connectivity index (χ2v) is 9.82. The summed E-state index contributed by atoms with van der Waals surface area (Å²) < 4.78 is 7.60. The molecular formula is C27H34N6O2. The lowest BCUT2D eigenvalue weighted by Crippen LogP contribution is -2.41. The summed E-state index contributed by atoms with van der Waals surface area (Å²) >= 11 is 0. The second-order valence-electron chi connectivity index (χ2n) is 9.82. The first-order chi connectivity index (χ1) is 16.8. The van der Waals surface area contributed by atoms with Gasteiger partial charge in [0.15, 0.2) is 5.82 Å². The quantitative estimate of drug-likeness (QED) is 0.327. The summed E-state index contributed by atoms with van der Waals surface area (Å²) in [6, 6.07) is 10.2. The van der Waals surface area contributed by atoms with Crippen LogP contribution in [0.15, 0.2) is 42.7 Å². The Morgan fingerprint density at radius 1 is 1.14 bits per heavy atom. The molecule has 8 nitrogen and oxygen atoms in total. The number of aryl methyl sites for hydroxylation is 2. The average molecular weight is 475 g/mol. The molecule has 0 unspecified atom stereocenters. The first-order valence-corrected chi connectivity index (χ1v) is 12.2. The average Bonchev–Trinajstić information content (AvgIpc) is 3.17. The number of aromatic nitrogens is 4. The number of nitrogens with one attached hydrogen (secondary N) is 1. The molecule has 0 radical (unpaired) electrons. The molecule has 1 amide bonds. The number of benzene rings is 1. The van der Waals surface area contributed by atoms with Crippen molar-refractivity contribution in [2.24, 2.45) is 0 Å². The van der Waals surface area contributed by atoms with Crippen molar-refractivity contribution in [3.05, 3.63) is 48.5 Å². The SMILES string of the molecule is CCCc1nc2c(N)nc3cc(-c4cccnc4)ccc3c2n1CCCCOC(=O)NC(C)(C)C. The van der Waals surface area contributed by atoms with E-state index in [1.807, 2.05) is 39.1 Å². The van der Waals surface area contributed by atoms with Crippen LogP contribution in [0.25, 0.3) is 33.1 Å². The highest BCUT2D eigenvalue weighted by molar-refractivity contribution is 6.07. The number of fused-ring (bicyclic) bond motifs is 3. The van der Waals surface area contributed by atoms with Crippen LogP contribution < -0.4 is 11.1 Å². The number of nitrogen functional groups attached to an aromatic ring is 1. The third kappa shape index (κ3) is 5.70. The van der Waals surface area contributed by atoms with Crippen LogP contribution in [-0.4, -0.2) is 37.8 Å². The van der Waals surface area contributed by atoms with Crippen molar-refractivity contribution < 1.29 is 9.53 Å². The van der Waals surface area contributed by atoms with Crippen molar-refractivity contribution in [2.45, 2.75) is 65.5 Å². The van der Waals surface area contributed by atoms with E-state index in [-0.39, 0.29) is 11.6 Å². The molecule has 0 atom stereocenters. The summed E-state index contributed by atoms with van der Waals surface area (Å²) in [5, 5.41) is 3.84. The van der Waals surface area contributed by atoms with E-state index in [4.69, 9.17) is 15.5 Å². The van der Waals surface area contributed by atoms with E-state index in [1.54, 1.807) is 6.20 Å². The van der Waals surface area contributed by atoms with Gasteiger partial charge in [-0.05, 0) is 57.7 Å². The number of nitrogens with zero attached hydrogens (tertiary/aromatic N) is 4. The third-order valence-corrected chi connectivity index (χ3v) is 5.74. The van der Waals surface area contributed by atoms with Crippen molar-refractivity contribution in [2.75, 3.05) is 12.3 Å². The smallest absolute Gasteiger partial charge is 0.407 e. The predicted octanol–water partition coefficient (Wildman–Crippen LogP) is 5.49. The van der Waals surface area contributed by atoms with Crippen LogP contribution in [-0.2, 0) is 17.7 Å². The zero-order valence-electron chi connectivity index (χ0n) is 21.0. The molecule has 184 valence electrons. The van der Waals surface area contributed by atoms with Gasteiger partial charge < -0.3 is 20.4 Å². The van der Waals surface area contributed by atoms with Crippen LogP contribution in [0, 0.1) is 0 Å². The largest absolute Gasteiger partial charge is 0.450 e. The normalized spacial score (nSPS) is 11.8. The van der Waals surface area contributed by atoms with Gasteiger partial charge >= 0.3 is 6.09 Å². The molecule has 0 aliphatic heterocycles. The maximum Gasteiger partial charge on any atom is 0.407 e. The molecule has 0 saturated carbocycles.